The number of amides is 1. The summed E-state index contributed by atoms with van der Waals surface area (Å²) < 4.78 is 28.9. The minimum Gasteiger partial charge on any atom is -0.449 e. The molecule has 150 valence electrons. The molecule has 27 heavy (non-hydrogen) atoms. The quantitative estimate of drug-likeness (QED) is 0.693. The lowest BCUT2D eigenvalue weighted by atomic mass is 9.88. The van der Waals surface area contributed by atoms with Gasteiger partial charge < -0.3 is 9.64 Å². The molecule has 1 aliphatic heterocycles. The molecule has 2 heterocycles. The van der Waals surface area contributed by atoms with E-state index >= 15 is 0 Å². The Labute approximate surface area is 164 Å². The molecule has 1 aromatic rings. The van der Waals surface area contributed by atoms with Crippen molar-refractivity contribution in [3.8, 4) is 0 Å². The number of sulfone groups is 1. The summed E-state index contributed by atoms with van der Waals surface area (Å²) in [4.78, 5) is 28.2. The Morgan fingerprint density at radius 2 is 2.11 bits per heavy atom. The van der Waals surface area contributed by atoms with Gasteiger partial charge >= 0.3 is 5.97 Å². The molecule has 3 rings (SSSR count). The Morgan fingerprint density at radius 1 is 1.37 bits per heavy atom. The smallest absolute Gasteiger partial charge is 0.340 e. The SMILES string of the molecule is CCN(C(=O)[C@H](C)OC(=O)c1csc2c1CC[C@H](C)C2)[C@H]1CCS(=O)(=O)C1. The number of carbonyl (C=O) groups excluding carboxylic acids is 2. The molecule has 0 bridgehead atoms. The summed E-state index contributed by atoms with van der Waals surface area (Å²) in [6.45, 7) is 5.98. The second-order valence-electron chi connectivity index (χ2n) is 7.63. The van der Waals surface area contributed by atoms with Gasteiger partial charge in [-0.3, -0.25) is 4.79 Å². The van der Waals surface area contributed by atoms with Gasteiger partial charge in [0.15, 0.2) is 15.9 Å². The van der Waals surface area contributed by atoms with Crippen molar-refractivity contribution in [1.82, 2.24) is 4.90 Å². The highest BCUT2D eigenvalue weighted by molar-refractivity contribution is 7.91. The van der Waals surface area contributed by atoms with E-state index in [-0.39, 0.29) is 23.5 Å². The van der Waals surface area contributed by atoms with E-state index in [4.69, 9.17) is 4.74 Å². The van der Waals surface area contributed by atoms with Crippen molar-refractivity contribution in [2.45, 2.75) is 58.6 Å². The van der Waals surface area contributed by atoms with Crippen LogP contribution in [0.4, 0.5) is 0 Å². The predicted octanol–water partition coefficient (Wildman–Crippen LogP) is 2.45. The zero-order valence-electron chi connectivity index (χ0n) is 16.1. The third kappa shape index (κ3) is 4.37. The number of esters is 1. The standard InChI is InChI=1S/C19H27NO5S2/c1-4-20(14-7-8-27(23,24)11-14)18(21)13(3)25-19(22)16-10-26-17-9-12(2)5-6-15(16)17/h10,12-14H,4-9,11H2,1-3H3/t12-,13-,14-/m0/s1. The van der Waals surface area contributed by atoms with E-state index in [2.05, 4.69) is 6.92 Å². The summed E-state index contributed by atoms with van der Waals surface area (Å²) in [7, 11) is -3.08. The minimum absolute atomic E-state index is 0.0104. The van der Waals surface area contributed by atoms with Gasteiger partial charge in [-0.25, -0.2) is 13.2 Å². The highest BCUT2D eigenvalue weighted by Crippen LogP contribution is 2.33. The lowest BCUT2D eigenvalue weighted by molar-refractivity contribution is -0.141. The summed E-state index contributed by atoms with van der Waals surface area (Å²) in [5.41, 5.74) is 1.64. The van der Waals surface area contributed by atoms with Crippen LogP contribution < -0.4 is 0 Å². The monoisotopic (exact) mass is 413 g/mol. The molecule has 1 saturated heterocycles. The Balaban J connectivity index is 1.66. The number of rotatable bonds is 5. The number of likely N-dealkylation sites (N-methyl/N-ethyl adjacent to an activating group) is 1. The van der Waals surface area contributed by atoms with Crippen LogP contribution in [-0.4, -0.2) is 55.4 Å². The van der Waals surface area contributed by atoms with E-state index in [1.165, 1.54) is 9.78 Å². The van der Waals surface area contributed by atoms with Gasteiger partial charge in [-0.2, -0.15) is 0 Å². The van der Waals surface area contributed by atoms with Gasteiger partial charge in [-0.05, 0) is 51.0 Å². The molecule has 1 aliphatic carbocycles. The summed E-state index contributed by atoms with van der Waals surface area (Å²) in [6, 6.07) is -0.330. The van der Waals surface area contributed by atoms with Crippen LogP contribution in [0.1, 0.15) is 54.4 Å². The molecule has 0 aromatic carbocycles. The summed E-state index contributed by atoms with van der Waals surface area (Å²) in [5.74, 6) is -0.0663. The number of nitrogens with zero attached hydrogens (tertiary/aromatic N) is 1. The van der Waals surface area contributed by atoms with E-state index in [0.717, 1.165) is 24.8 Å². The topological polar surface area (TPSA) is 80.8 Å². The van der Waals surface area contributed by atoms with Crippen molar-refractivity contribution in [2.75, 3.05) is 18.1 Å². The van der Waals surface area contributed by atoms with Gasteiger partial charge in [0.1, 0.15) is 0 Å². The first-order valence-corrected chi connectivity index (χ1v) is 12.2. The second-order valence-corrected chi connectivity index (χ2v) is 10.8. The first kappa shape index (κ1) is 20.3. The third-order valence-corrected chi connectivity index (χ3v) is 8.33. The normalized spacial score (nSPS) is 24.9. The number of carbonyl (C=O) groups is 2. The molecule has 0 unspecified atom stereocenters. The van der Waals surface area contributed by atoms with Crippen molar-refractivity contribution in [1.29, 1.82) is 0 Å². The maximum Gasteiger partial charge on any atom is 0.340 e. The molecule has 3 atom stereocenters. The van der Waals surface area contributed by atoms with Crippen molar-refractivity contribution >= 4 is 33.1 Å². The number of ether oxygens (including phenoxy) is 1. The average Bonchev–Trinajstić information content (AvgIpc) is 3.18. The number of fused-ring (bicyclic) bond motifs is 1. The maximum atomic E-state index is 12.8. The zero-order valence-corrected chi connectivity index (χ0v) is 17.7. The molecule has 6 nitrogen and oxygen atoms in total. The molecule has 1 fully saturated rings. The van der Waals surface area contributed by atoms with E-state index in [1.54, 1.807) is 18.3 Å². The van der Waals surface area contributed by atoms with Gasteiger partial charge in [0.2, 0.25) is 0 Å². The van der Waals surface area contributed by atoms with Gasteiger partial charge in [-0.1, -0.05) is 6.92 Å². The first-order valence-electron chi connectivity index (χ1n) is 9.53. The molecule has 0 N–H and O–H groups in total. The van der Waals surface area contributed by atoms with Crippen LogP contribution in [0.25, 0.3) is 0 Å². The molecular weight excluding hydrogens is 386 g/mol. The van der Waals surface area contributed by atoms with Crippen molar-refractivity contribution in [3.63, 3.8) is 0 Å². The molecule has 0 spiro atoms. The second kappa shape index (κ2) is 7.91. The van der Waals surface area contributed by atoms with Gasteiger partial charge in [-0.15, -0.1) is 11.3 Å². The Hall–Kier alpha value is -1.41. The fourth-order valence-corrected chi connectivity index (χ4v) is 6.94. The number of hydrogen-bond donors (Lipinski definition) is 0. The Morgan fingerprint density at radius 3 is 2.74 bits per heavy atom. The molecular formula is C19H27NO5S2. The van der Waals surface area contributed by atoms with Crippen LogP contribution in [0.3, 0.4) is 0 Å². The highest BCUT2D eigenvalue weighted by Gasteiger charge is 2.36. The molecule has 1 aromatic heterocycles. The third-order valence-electron chi connectivity index (χ3n) is 5.53. The average molecular weight is 414 g/mol. The Kier molecular flexibility index (Phi) is 5.96. The van der Waals surface area contributed by atoms with Gasteiger partial charge in [0, 0.05) is 22.8 Å². The van der Waals surface area contributed by atoms with E-state index in [0.29, 0.717) is 24.4 Å². The fourth-order valence-electron chi connectivity index (χ4n) is 3.97. The molecule has 8 heteroatoms. The van der Waals surface area contributed by atoms with Crippen molar-refractivity contribution < 1.29 is 22.7 Å². The maximum absolute atomic E-state index is 12.8. The minimum atomic E-state index is -3.08. The van der Waals surface area contributed by atoms with Gasteiger partial charge in [0.25, 0.3) is 5.91 Å². The van der Waals surface area contributed by atoms with Crippen molar-refractivity contribution in [2.24, 2.45) is 5.92 Å². The number of hydrogen-bond acceptors (Lipinski definition) is 6. The molecule has 1 amide bonds. The predicted molar refractivity (Wildman–Crippen MR) is 105 cm³/mol. The van der Waals surface area contributed by atoms with E-state index < -0.39 is 21.9 Å². The molecule has 2 aliphatic rings. The summed E-state index contributed by atoms with van der Waals surface area (Å²) in [5, 5.41) is 1.84. The highest BCUT2D eigenvalue weighted by atomic mass is 32.2. The Bertz CT molecular complexity index is 829. The van der Waals surface area contributed by atoms with Crippen LogP contribution in [0.5, 0.6) is 0 Å². The van der Waals surface area contributed by atoms with Gasteiger partial charge in [0.05, 0.1) is 17.1 Å². The van der Waals surface area contributed by atoms with Crippen molar-refractivity contribution in [3.05, 3.63) is 21.4 Å². The lowest BCUT2D eigenvalue weighted by Gasteiger charge is -2.29. The summed E-state index contributed by atoms with van der Waals surface area (Å²) in [6.07, 6.45) is 2.42. The van der Waals surface area contributed by atoms with E-state index in [1.807, 2.05) is 12.3 Å². The molecule has 0 saturated carbocycles. The van der Waals surface area contributed by atoms with Crippen LogP contribution in [-0.2, 0) is 32.2 Å². The van der Waals surface area contributed by atoms with Crippen LogP contribution in [0.2, 0.25) is 0 Å². The largest absolute Gasteiger partial charge is 0.449 e. The van der Waals surface area contributed by atoms with Crippen LogP contribution >= 0.6 is 11.3 Å². The fraction of sp³-hybridized carbons (Fsp3) is 0.684. The number of thiophene rings is 1. The van der Waals surface area contributed by atoms with Crippen LogP contribution in [0.15, 0.2) is 5.38 Å². The first-order chi connectivity index (χ1) is 12.7. The molecule has 0 radical (unpaired) electrons. The zero-order chi connectivity index (χ0) is 19.8. The summed E-state index contributed by atoms with van der Waals surface area (Å²) >= 11 is 1.59. The van der Waals surface area contributed by atoms with E-state index in [9.17, 15) is 18.0 Å². The van der Waals surface area contributed by atoms with Crippen LogP contribution in [0, 0.1) is 5.92 Å². The lowest BCUT2D eigenvalue weighted by Crippen LogP contribution is -2.46.